The highest BCUT2D eigenvalue weighted by Gasteiger charge is 2.17. The Balaban J connectivity index is 0.00000230. The fourth-order valence-corrected chi connectivity index (χ4v) is 6.92. The number of fused-ring (bicyclic) bond motifs is 3. The van der Waals surface area contributed by atoms with Gasteiger partial charge in [0.05, 0.1) is 11.0 Å². The molecule has 244 valence electrons. The smallest absolute Gasteiger partial charge is 0.0541 e. The van der Waals surface area contributed by atoms with Crippen LogP contribution >= 0.6 is 0 Å². The molecule has 1 nitrogen and oxygen atoms in total. The van der Waals surface area contributed by atoms with E-state index in [1.165, 1.54) is 83.1 Å². The fraction of sp³-hybridized carbons (Fsp3) is 0.167. The van der Waals surface area contributed by atoms with Crippen LogP contribution in [0.3, 0.4) is 0 Å². The number of hydrogen-bond acceptors (Lipinski definition) is 0. The number of aryl methyl sites for hydroxylation is 1. The third-order valence-corrected chi connectivity index (χ3v) is 9.71. The van der Waals surface area contributed by atoms with Gasteiger partial charge in [-0.3, -0.25) is 0 Å². The number of aromatic nitrogens is 1. The van der Waals surface area contributed by atoms with Gasteiger partial charge >= 0.3 is 0 Å². The van der Waals surface area contributed by atoms with E-state index in [9.17, 15) is 0 Å². The maximum absolute atomic E-state index is 4.00. The summed E-state index contributed by atoms with van der Waals surface area (Å²) < 4.78 is 2.40. The SMILES string of the molecule is C#C.C/C=C\C=C(\C)C(C)c1cccc(-c2cc(-c3ccc4c(c3)c3cc(C(/C=C\C)=C/C)ccc3n4-c3ccccc3)ccc2C)c1C. The summed E-state index contributed by atoms with van der Waals surface area (Å²) >= 11 is 0. The minimum Gasteiger partial charge on any atom is -0.309 e. The van der Waals surface area contributed by atoms with Gasteiger partial charge in [-0.05, 0) is 134 Å². The van der Waals surface area contributed by atoms with Gasteiger partial charge in [0.15, 0.2) is 0 Å². The average Bonchev–Trinajstić information content (AvgIpc) is 3.47. The molecule has 0 aliphatic carbocycles. The van der Waals surface area contributed by atoms with Gasteiger partial charge in [-0.15, -0.1) is 12.8 Å². The van der Waals surface area contributed by atoms with Crippen LogP contribution < -0.4 is 0 Å². The molecule has 0 N–H and O–H groups in total. The van der Waals surface area contributed by atoms with Gasteiger partial charge in [-0.25, -0.2) is 0 Å². The highest BCUT2D eigenvalue weighted by molar-refractivity contribution is 6.11. The summed E-state index contributed by atoms with van der Waals surface area (Å²) in [6.45, 7) is 15.3. The predicted octanol–water partition coefficient (Wildman–Crippen LogP) is 13.6. The van der Waals surface area contributed by atoms with E-state index >= 15 is 0 Å². The zero-order valence-electron chi connectivity index (χ0n) is 30.0. The molecule has 49 heavy (non-hydrogen) atoms. The van der Waals surface area contributed by atoms with Crippen molar-refractivity contribution in [3.63, 3.8) is 0 Å². The molecule has 1 atom stereocenters. The molecular weight excluding hydrogens is 591 g/mol. The maximum Gasteiger partial charge on any atom is 0.0541 e. The van der Waals surface area contributed by atoms with E-state index in [0.717, 1.165) is 0 Å². The predicted molar refractivity (Wildman–Crippen MR) is 216 cm³/mol. The molecule has 0 saturated carbocycles. The molecule has 1 heterocycles. The fourth-order valence-electron chi connectivity index (χ4n) is 6.92. The van der Waals surface area contributed by atoms with E-state index in [2.05, 4.69) is 205 Å². The number of allylic oxidation sites excluding steroid dienone is 8. The molecule has 0 fully saturated rings. The lowest BCUT2D eigenvalue weighted by molar-refractivity contribution is 0.884. The monoisotopic (exact) mass is 637 g/mol. The first-order valence-corrected chi connectivity index (χ1v) is 17.1. The quantitative estimate of drug-likeness (QED) is 0.116. The van der Waals surface area contributed by atoms with E-state index in [-0.39, 0.29) is 0 Å². The normalized spacial score (nSPS) is 12.9. The molecule has 0 aliphatic heterocycles. The third-order valence-electron chi connectivity index (χ3n) is 9.71. The number of terminal acetylenes is 1. The van der Waals surface area contributed by atoms with E-state index < -0.39 is 0 Å². The maximum atomic E-state index is 4.00. The summed E-state index contributed by atoms with van der Waals surface area (Å²) in [5, 5.41) is 2.52. The highest BCUT2D eigenvalue weighted by atomic mass is 15.0. The molecule has 0 radical (unpaired) electrons. The van der Waals surface area contributed by atoms with Gasteiger partial charge in [0.25, 0.3) is 0 Å². The Hall–Kier alpha value is -5.58. The highest BCUT2D eigenvalue weighted by Crippen LogP contribution is 2.39. The Labute approximate surface area is 293 Å². The Morgan fingerprint density at radius 2 is 1.37 bits per heavy atom. The molecule has 1 unspecified atom stereocenters. The molecule has 6 aromatic rings. The molecule has 0 spiro atoms. The van der Waals surface area contributed by atoms with Crippen LogP contribution in [0.25, 0.3) is 55.3 Å². The van der Waals surface area contributed by atoms with Crippen LogP contribution in [0.2, 0.25) is 0 Å². The van der Waals surface area contributed by atoms with Crippen molar-refractivity contribution in [2.75, 3.05) is 0 Å². The average molecular weight is 638 g/mol. The Morgan fingerprint density at radius 3 is 2.06 bits per heavy atom. The van der Waals surface area contributed by atoms with Crippen molar-refractivity contribution in [1.29, 1.82) is 0 Å². The largest absolute Gasteiger partial charge is 0.309 e. The van der Waals surface area contributed by atoms with Gasteiger partial charge in [-0.2, -0.15) is 0 Å². The molecule has 5 aromatic carbocycles. The van der Waals surface area contributed by atoms with Gasteiger partial charge in [0, 0.05) is 22.4 Å². The van der Waals surface area contributed by atoms with Crippen molar-refractivity contribution in [2.45, 2.75) is 54.4 Å². The number of rotatable bonds is 8. The summed E-state index contributed by atoms with van der Waals surface area (Å²) in [6, 6.07) is 38.3. The topological polar surface area (TPSA) is 4.93 Å². The number of nitrogens with zero attached hydrogens (tertiary/aromatic N) is 1. The third kappa shape index (κ3) is 6.87. The van der Waals surface area contributed by atoms with E-state index in [1.54, 1.807) is 0 Å². The van der Waals surface area contributed by atoms with Crippen molar-refractivity contribution >= 4 is 27.4 Å². The van der Waals surface area contributed by atoms with Crippen LogP contribution in [0.5, 0.6) is 0 Å². The summed E-state index contributed by atoms with van der Waals surface area (Å²) in [7, 11) is 0. The summed E-state index contributed by atoms with van der Waals surface area (Å²) in [4.78, 5) is 0. The summed E-state index contributed by atoms with van der Waals surface area (Å²) in [5.41, 5.74) is 16.5. The Kier molecular flexibility index (Phi) is 11.0. The van der Waals surface area contributed by atoms with E-state index in [0.29, 0.717) is 5.92 Å². The van der Waals surface area contributed by atoms with Crippen LogP contribution in [0.4, 0.5) is 0 Å². The lowest BCUT2D eigenvalue weighted by atomic mass is 9.85. The standard InChI is InChI=1S/C46H45N.C2H2/c1-8-11-17-31(4)33(6)40-20-15-21-41(34(40)7)42-28-37(23-22-32(42)5)38-25-27-46-44(30-38)43-29-36(35(10-3)16-9-2)24-26-45(43)47(46)39-18-13-12-14-19-39;1-2/h8-30,33H,1-7H3;1-2H/b11-8-,16-9-,31-17-,35-10+;. The number of benzene rings is 5. The molecule has 0 bridgehead atoms. The lowest BCUT2D eigenvalue weighted by Crippen LogP contribution is -2.00. The van der Waals surface area contributed by atoms with Crippen LogP contribution in [0.1, 0.15) is 62.8 Å². The van der Waals surface area contributed by atoms with Crippen LogP contribution in [-0.4, -0.2) is 4.57 Å². The molecule has 0 saturated heterocycles. The zero-order valence-corrected chi connectivity index (χ0v) is 30.0. The Morgan fingerprint density at radius 1 is 0.694 bits per heavy atom. The van der Waals surface area contributed by atoms with Crippen LogP contribution in [-0.2, 0) is 0 Å². The molecule has 6 rings (SSSR count). The summed E-state index contributed by atoms with van der Waals surface area (Å²) in [5.74, 6) is 0.347. The first kappa shape index (κ1) is 34.7. The van der Waals surface area contributed by atoms with Gasteiger partial charge < -0.3 is 4.57 Å². The van der Waals surface area contributed by atoms with Crippen LogP contribution in [0.15, 0.2) is 145 Å². The second-order valence-corrected chi connectivity index (χ2v) is 12.6. The number of para-hydroxylation sites is 1. The summed E-state index contributed by atoms with van der Waals surface area (Å²) in [6.07, 6.45) is 20.9. The van der Waals surface area contributed by atoms with Crippen LogP contribution in [0, 0.1) is 26.7 Å². The molecule has 1 aromatic heterocycles. The minimum absolute atomic E-state index is 0.347. The van der Waals surface area contributed by atoms with Gasteiger partial charge in [0.1, 0.15) is 0 Å². The molecule has 0 amide bonds. The van der Waals surface area contributed by atoms with E-state index in [1.807, 2.05) is 0 Å². The second-order valence-electron chi connectivity index (χ2n) is 12.6. The first-order chi connectivity index (χ1) is 23.9. The lowest BCUT2D eigenvalue weighted by Gasteiger charge is -2.20. The van der Waals surface area contributed by atoms with E-state index in [4.69, 9.17) is 0 Å². The Bertz CT molecular complexity index is 2250. The van der Waals surface area contributed by atoms with Crippen molar-refractivity contribution in [2.24, 2.45) is 0 Å². The van der Waals surface area contributed by atoms with Crippen molar-refractivity contribution in [1.82, 2.24) is 4.57 Å². The van der Waals surface area contributed by atoms with Gasteiger partial charge in [-0.1, -0.05) is 110 Å². The molecule has 1 heteroatoms. The van der Waals surface area contributed by atoms with Crippen molar-refractivity contribution in [3.8, 4) is 40.8 Å². The second kappa shape index (κ2) is 15.5. The molecular formula is C48H47N. The van der Waals surface area contributed by atoms with Gasteiger partial charge in [0.2, 0.25) is 0 Å². The number of hydrogen-bond donors (Lipinski definition) is 0. The molecule has 0 aliphatic rings. The van der Waals surface area contributed by atoms with Crippen molar-refractivity contribution in [3.05, 3.63) is 167 Å². The minimum atomic E-state index is 0.347. The first-order valence-electron chi connectivity index (χ1n) is 17.1. The zero-order chi connectivity index (χ0) is 35.1. The van der Waals surface area contributed by atoms with Crippen molar-refractivity contribution < 1.29 is 0 Å².